The van der Waals surface area contributed by atoms with E-state index in [9.17, 15) is 24.6 Å². The summed E-state index contributed by atoms with van der Waals surface area (Å²) in [5.41, 5.74) is 0.00753. The average molecular weight is 1210 g/mol. The van der Waals surface area contributed by atoms with Crippen LogP contribution in [0.4, 0.5) is 0 Å². The van der Waals surface area contributed by atoms with E-state index >= 15 is 0 Å². The quantitative estimate of drug-likeness (QED) is 0.0894. The van der Waals surface area contributed by atoms with E-state index in [-0.39, 0.29) is 117 Å². The van der Waals surface area contributed by atoms with Crippen LogP contribution in [0.25, 0.3) is 0 Å². The van der Waals surface area contributed by atoms with Gasteiger partial charge in [0.2, 0.25) is 0 Å². The number of phenols is 3. The van der Waals surface area contributed by atoms with E-state index in [1.54, 1.807) is 32.9 Å². The summed E-state index contributed by atoms with van der Waals surface area (Å²) in [6, 6.07) is 8.82. The minimum Gasteiger partial charge on any atom is -0.508 e. The lowest BCUT2D eigenvalue weighted by atomic mass is 9.47. The SMILES string of the molecule is C.C.C.C.C.C.C.C.CCC(C)(C)C(=O)OC(C)c1c(OC)cc(O)c(I)c1O.CCC(C)(C)C(=O)OC1(C(C)C)C2CC3CC(C2)CC1C3.CCC(C)(C)C(=O)OC1(C(C)C)CCCC1.CCC(C)c1ccc(O)cc1. The van der Waals surface area contributed by atoms with Crippen molar-refractivity contribution < 1.29 is 48.7 Å². The normalized spacial score (nSPS) is 20.9. The Labute approximate surface area is 490 Å². The number of methoxy groups -OCH3 is 1. The molecule has 0 aromatic heterocycles. The van der Waals surface area contributed by atoms with E-state index in [1.165, 1.54) is 63.7 Å². The van der Waals surface area contributed by atoms with Crippen molar-refractivity contribution in [3.63, 3.8) is 0 Å². The Morgan fingerprint density at radius 1 is 0.623 bits per heavy atom. The highest BCUT2D eigenvalue weighted by Crippen LogP contribution is 2.62. The molecule has 5 fully saturated rings. The lowest BCUT2D eigenvalue weighted by molar-refractivity contribution is -0.231. The van der Waals surface area contributed by atoms with Crippen LogP contribution < -0.4 is 4.74 Å². The molecule has 0 aliphatic heterocycles. The Bertz CT molecular complexity index is 1950. The first-order chi connectivity index (χ1) is 32.0. The van der Waals surface area contributed by atoms with Crippen LogP contribution in [0.15, 0.2) is 30.3 Å². The fourth-order valence-electron chi connectivity index (χ4n) is 10.6. The lowest BCUT2D eigenvalue weighted by Gasteiger charge is -2.62. The minimum absolute atomic E-state index is 0. The number of rotatable bonds is 15. The van der Waals surface area contributed by atoms with Crippen molar-refractivity contribution in [1.29, 1.82) is 0 Å². The lowest BCUT2D eigenvalue weighted by Crippen LogP contribution is -2.63. The number of phenolic OH excluding ortho intramolecular Hbond substituents is 3. The Balaban J connectivity index is -0.000000216. The summed E-state index contributed by atoms with van der Waals surface area (Å²) in [6.45, 7) is 32.5. The Kier molecular flexibility index (Phi) is 39.2. The smallest absolute Gasteiger partial charge is 0.312 e. The van der Waals surface area contributed by atoms with Gasteiger partial charge in [-0.1, -0.05) is 134 Å². The van der Waals surface area contributed by atoms with Crippen LogP contribution in [-0.4, -0.2) is 51.5 Å². The Morgan fingerprint density at radius 3 is 1.39 bits per heavy atom. The monoisotopic (exact) mass is 1200 g/mol. The van der Waals surface area contributed by atoms with Crippen molar-refractivity contribution in [2.24, 2.45) is 51.8 Å². The van der Waals surface area contributed by atoms with E-state index in [1.807, 2.05) is 76.3 Å². The molecule has 2 unspecified atom stereocenters. The first-order valence-electron chi connectivity index (χ1n) is 26.3. The fourth-order valence-corrected chi connectivity index (χ4v) is 11.0. The van der Waals surface area contributed by atoms with Crippen LogP contribution in [0.5, 0.6) is 23.0 Å². The van der Waals surface area contributed by atoms with Crippen LogP contribution in [0.1, 0.15) is 277 Å². The topological polar surface area (TPSA) is 149 Å². The van der Waals surface area contributed by atoms with Crippen molar-refractivity contribution >= 4 is 40.5 Å². The third-order valence-corrected chi connectivity index (χ3v) is 18.0. The molecule has 10 nitrogen and oxygen atoms in total. The van der Waals surface area contributed by atoms with E-state index in [0.717, 1.165) is 43.9 Å². The second-order valence-corrected chi connectivity index (χ2v) is 24.4. The number of hydrogen-bond acceptors (Lipinski definition) is 10. The molecule has 2 aromatic rings. The minimum atomic E-state index is -0.688. The molecule has 77 heavy (non-hydrogen) atoms. The average Bonchev–Trinajstić information content (AvgIpc) is 3.79. The first kappa shape index (κ1) is 85.1. The van der Waals surface area contributed by atoms with Crippen LogP contribution >= 0.6 is 22.6 Å². The largest absolute Gasteiger partial charge is 0.508 e. The molecule has 5 aliphatic carbocycles. The van der Waals surface area contributed by atoms with Gasteiger partial charge >= 0.3 is 17.9 Å². The first-order valence-corrected chi connectivity index (χ1v) is 27.4. The van der Waals surface area contributed by atoms with Gasteiger partial charge in [-0.2, -0.15) is 0 Å². The molecular formula is C66H125IO10. The predicted molar refractivity (Wildman–Crippen MR) is 339 cm³/mol. The van der Waals surface area contributed by atoms with Crippen molar-refractivity contribution in [3.05, 3.63) is 45.0 Å². The predicted octanol–water partition coefficient (Wildman–Crippen LogP) is 20.5. The molecule has 11 heteroatoms. The molecule has 0 heterocycles. The molecular weight excluding hydrogens is 1080 g/mol. The van der Waals surface area contributed by atoms with Crippen molar-refractivity contribution in [2.75, 3.05) is 7.11 Å². The van der Waals surface area contributed by atoms with E-state index < -0.39 is 11.5 Å². The highest BCUT2D eigenvalue weighted by molar-refractivity contribution is 14.1. The number of hydrogen-bond donors (Lipinski definition) is 3. The summed E-state index contributed by atoms with van der Waals surface area (Å²) in [4.78, 5) is 37.1. The van der Waals surface area contributed by atoms with Gasteiger partial charge in [-0.15, -0.1) is 0 Å². The van der Waals surface area contributed by atoms with Gasteiger partial charge < -0.3 is 34.3 Å². The maximum Gasteiger partial charge on any atom is 0.312 e. The third kappa shape index (κ3) is 20.7. The van der Waals surface area contributed by atoms with Crippen LogP contribution in [-0.2, 0) is 28.6 Å². The molecule has 7 rings (SSSR count). The van der Waals surface area contributed by atoms with Gasteiger partial charge in [-0.05, 0) is 214 Å². The number of aromatic hydroxyl groups is 3. The van der Waals surface area contributed by atoms with Crippen LogP contribution in [0.2, 0.25) is 0 Å². The molecule has 5 aliphatic rings. The summed E-state index contributed by atoms with van der Waals surface area (Å²) in [7, 11) is 1.43. The Morgan fingerprint density at radius 2 is 1.03 bits per heavy atom. The highest BCUT2D eigenvalue weighted by Gasteiger charge is 2.61. The van der Waals surface area contributed by atoms with Gasteiger partial charge in [-0.25, -0.2) is 0 Å². The summed E-state index contributed by atoms with van der Waals surface area (Å²) in [5.74, 6) is 4.58. The molecule has 5 saturated carbocycles. The Hall–Kier alpha value is -3.22. The molecule has 2 atom stereocenters. The highest BCUT2D eigenvalue weighted by atomic mass is 127. The molecule has 0 spiro atoms. The maximum absolute atomic E-state index is 12.8. The number of carbonyl (C=O) groups excluding carboxylic acids is 3. The number of esters is 3. The molecule has 2 aromatic carbocycles. The van der Waals surface area contributed by atoms with Crippen molar-refractivity contribution in [2.45, 2.75) is 277 Å². The van der Waals surface area contributed by atoms with Gasteiger partial charge in [0, 0.05) is 6.07 Å². The van der Waals surface area contributed by atoms with E-state index in [0.29, 0.717) is 50.9 Å². The summed E-state index contributed by atoms with van der Waals surface area (Å²) >= 11 is 1.82. The molecule has 456 valence electrons. The zero-order valence-corrected chi connectivity index (χ0v) is 47.9. The van der Waals surface area contributed by atoms with Crippen molar-refractivity contribution in [1.82, 2.24) is 0 Å². The summed E-state index contributed by atoms with van der Waals surface area (Å²) < 4.78 is 23.2. The third-order valence-electron chi connectivity index (χ3n) is 16.9. The fraction of sp³-hybridized carbons (Fsp3) is 0.773. The summed E-state index contributed by atoms with van der Waals surface area (Å²) in [6.07, 6.45) is 13.9. The number of halogens is 1. The van der Waals surface area contributed by atoms with Gasteiger partial charge in [0.1, 0.15) is 40.3 Å². The van der Waals surface area contributed by atoms with Gasteiger partial charge in [0.25, 0.3) is 0 Å². The standard InChI is InChI=1S/C19H32O2.C15H21IO5.C14H26O2.C10H14O.8CH4/c1-6-18(4,5)17(20)21-19(12(2)3)15-8-13-7-14(10-15)11-16(19)9-13;1-6-15(3,4)14(19)21-8(2)11-10(20-5)7-9(17)12(16)13(11)18;1-6-13(4,5)12(15)16-14(11(2)3)9-7-8-10-14;1-3-8(2)9-4-6-10(11)7-5-9;;;;;;;;/h12-16H,6-11H2,1-5H3;7-8,17-18H,6H2,1-5H3;11H,6-10H2,1-5H3;4-8,11H,3H2,1-2H3;8*1H4. The van der Waals surface area contributed by atoms with E-state index in [2.05, 4.69) is 48.5 Å². The molecule has 4 bridgehead atoms. The molecule has 0 saturated heterocycles. The van der Waals surface area contributed by atoms with E-state index in [4.69, 9.17) is 24.1 Å². The zero-order valence-electron chi connectivity index (χ0n) is 45.8. The molecule has 0 radical (unpaired) electrons. The maximum atomic E-state index is 12.8. The molecule has 3 N–H and O–H groups in total. The number of carbonyl (C=O) groups is 3. The number of ether oxygens (including phenoxy) is 4. The summed E-state index contributed by atoms with van der Waals surface area (Å²) in [5, 5.41) is 28.9. The van der Waals surface area contributed by atoms with Gasteiger partial charge in [-0.3, -0.25) is 14.4 Å². The molecule has 0 amide bonds. The second-order valence-electron chi connectivity index (χ2n) is 23.4. The van der Waals surface area contributed by atoms with Gasteiger partial charge in [0.15, 0.2) is 0 Å². The van der Waals surface area contributed by atoms with Gasteiger partial charge in [0.05, 0.1) is 32.5 Å². The second kappa shape index (κ2) is 35.5. The van der Waals surface area contributed by atoms with Crippen LogP contribution in [0, 0.1) is 55.3 Å². The number of benzene rings is 2. The van der Waals surface area contributed by atoms with Crippen LogP contribution in [0.3, 0.4) is 0 Å². The zero-order chi connectivity index (χ0) is 52.4. The van der Waals surface area contributed by atoms with Crippen molar-refractivity contribution in [3.8, 4) is 23.0 Å².